The molecule has 0 radical (unpaired) electrons. The Bertz CT molecular complexity index is 1430. The van der Waals surface area contributed by atoms with Crippen LogP contribution in [0.4, 0.5) is 4.39 Å². The van der Waals surface area contributed by atoms with Crippen LogP contribution in [0.15, 0.2) is 60.4 Å². The molecule has 0 bridgehead atoms. The first-order valence-electron chi connectivity index (χ1n) is 12.1. The predicted octanol–water partition coefficient (Wildman–Crippen LogP) is 4.03. The summed E-state index contributed by atoms with van der Waals surface area (Å²) in [5.74, 6) is -0.222. The molecule has 4 rings (SSSR count). The lowest BCUT2D eigenvalue weighted by molar-refractivity contribution is -0.496. The highest BCUT2D eigenvalue weighted by Gasteiger charge is 2.26. The average Bonchev–Trinajstić information content (AvgIpc) is 3.21. The molecule has 0 saturated carbocycles. The summed E-state index contributed by atoms with van der Waals surface area (Å²) >= 11 is 0. The number of aromatic nitrogens is 1. The second kappa shape index (κ2) is 13.0. The number of fused-ring (bicyclic) bond motifs is 1. The maximum absolute atomic E-state index is 14.3. The van der Waals surface area contributed by atoms with Crippen molar-refractivity contribution in [1.29, 1.82) is 0 Å². The Morgan fingerprint density at radius 2 is 1.88 bits per heavy atom. The second-order valence-electron chi connectivity index (χ2n) is 8.70. The van der Waals surface area contributed by atoms with Crippen molar-refractivity contribution >= 4 is 29.4 Å². The first kappa shape index (κ1) is 28.4. The Labute approximate surface area is 229 Å². The normalized spacial score (nSPS) is 14.1. The molecule has 0 aliphatic heterocycles. The Morgan fingerprint density at radius 3 is 2.52 bits per heavy atom. The van der Waals surface area contributed by atoms with Gasteiger partial charge in [-0.2, -0.15) is 4.89 Å². The van der Waals surface area contributed by atoms with E-state index < -0.39 is 12.1 Å². The lowest BCUT2D eigenvalue weighted by Crippen LogP contribution is -2.22. The highest BCUT2D eigenvalue weighted by Crippen LogP contribution is 2.45. The number of pyridine rings is 1. The number of nitrogens with one attached hydrogen (secondary N) is 1. The fourth-order valence-corrected chi connectivity index (χ4v) is 4.26. The van der Waals surface area contributed by atoms with E-state index in [9.17, 15) is 14.0 Å². The number of amides is 1. The van der Waals surface area contributed by atoms with Gasteiger partial charge in [0.1, 0.15) is 5.82 Å². The minimum Gasteiger partial charge on any atom is -0.493 e. The summed E-state index contributed by atoms with van der Waals surface area (Å²) in [6, 6.07) is 11.4. The molecule has 1 aliphatic rings. The number of aliphatic hydroxyl groups is 1. The summed E-state index contributed by atoms with van der Waals surface area (Å²) < 4.78 is 25.1. The quantitative estimate of drug-likeness (QED) is 0.149. The van der Waals surface area contributed by atoms with Gasteiger partial charge in [0, 0.05) is 18.9 Å². The molecule has 2 aromatic carbocycles. The van der Waals surface area contributed by atoms with Gasteiger partial charge >= 0.3 is 0 Å². The number of hydrogen-bond donors (Lipinski definition) is 2. The minimum atomic E-state index is -1.84. The van der Waals surface area contributed by atoms with E-state index in [0.29, 0.717) is 23.2 Å². The maximum atomic E-state index is 14.3. The van der Waals surface area contributed by atoms with Gasteiger partial charge in [0.05, 0.1) is 20.6 Å². The number of halogens is 1. The number of benzene rings is 2. The smallest absolute Gasteiger partial charge is 0.252 e. The standard InChI is InChI=1S/C29H27FN2O8/c1-17-22(9-19-10-25(36-2)29(26(11-19)37-3)39-40-38-28(35)16-33)21-7-6-20(30)12-24(21)23(17)13-27(34)32-15-18-5-4-8-31-14-18/h4-12,14,16,28,35H,13,15H2,1-3H3,(H,32,34)/b22-9-. The first-order valence-corrected chi connectivity index (χ1v) is 12.1. The molecule has 40 heavy (non-hydrogen) atoms. The molecule has 2 N–H and O–H groups in total. The maximum Gasteiger partial charge on any atom is 0.252 e. The van der Waals surface area contributed by atoms with E-state index in [1.54, 1.807) is 36.7 Å². The van der Waals surface area contributed by atoms with Crippen LogP contribution in [0, 0.1) is 5.82 Å². The van der Waals surface area contributed by atoms with Crippen LogP contribution < -0.4 is 19.7 Å². The monoisotopic (exact) mass is 550 g/mol. The molecule has 0 saturated heterocycles. The molecular weight excluding hydrogens is 523 g/mol. The Hall–Kier alpha value is -4.58. The SMILES string of the molecule is COc1cc(/C=C2/C(C)=C(CC(=O)NCc3cccnc3)c3cc(F)ccc32)cc(OC)c1OOOC(O)C=O. The third-order valence-corrected chi connectivity index (χ3v) is 6.17. The number of hydrogen-bond acceptors (Lipinski definition) is 9. The Kier molecular flexibility index (Phi) is 9.23. The first-order chi connectivity index (χ1) is 19.3. The molecule has 1 heterocycles. The van der Waals surface area contributed by atoms with Crippen molar-refractivity contribution in [3.63, 3.8) is 0 Å². The minimum absolute atomic E-state index is 0.00242. The van der Waals surface area contributed by atoms with Crippen LogP contribution in [0.1, 0.15) is 35.6 Å². The van der Waals surface area contributed by atoms with Gasteiger partial charge in [-0.15, -0.1) is 0 Å². The lowest BCUT2D eigenvalue weighted by Gasteiger charge is -2.14. The summed E-state index contributed by atoms with van der Waals surface area (Å²) in [6.45, 7) is 2.21. The number of ether oxygens (including phenoxy) is 2. The molecule has 11 heteroatoms. The Morgan fingerprint density at radius 1 is 1.12 bits per heavy atom. The van der Waals surface area contributed by atoms with Crippen molar-refractivity contribution < 1.29 is 43.4 Å². The van der Waals surface area contributed by atoms with Gasteiger partial charge in [-0.25, -0.2) is 4.39 Å². The van der Waals surface area contributed by atoms with Gasteiger partial charge in [-0.05, 0) is 87.3 Å². The third kappa shape index (κ3) is 6.52. The van der Waals surface area contributed by atoms with E-state index in [4.69, 9.17) is 19.5 Å². The molecule has 3 aromatic rings. The van der Waals surface area contributed by atoms with Crippen LogP contribution in [0.25, 0.3) is 17.2 Å². The second-order valence-corrected chi connectivity index (χ2v) is 8.70. The topological polar surface area (TPSA) is 125 Å². The van der Waals surface area contributed by atoms with Crippen molar-refractivity contribution in [2.45, 2.75) is 26.2 Å². The highest BCUT2D eigenvalue weighted by atomic mass is 19.1. The number of carbonyl (C=O) groups is 2. The van der Waals surface area contributed by atoms with Crippen molar-refractivity contribution in [3.8, 4) is 17.2 Å². The average molecular weight is 551 g/mol. The van der Waals surface area contributed by atoms with E-state index >= 15 is 0 Å². The number of nitrogens with zero attached hydrogens (tertiary/aromatic N) is 1. The van der Waals surface area contributed by atoms with Gasteiger partial charge in [0.25, 0.3) is 5.75 Å². The van der Waals surface area contributed by atoms with Crippen molar-refractivity contribution in [1.82, 2.24) is 10.3 Å². The molecule has 1 aliphatic carbocycles. The van der Waals surface area contributed by atoms with Crippen LogP contribution >= 0.6 is 0 Å². The van der Waals surface area contributed by atoms with Gasteiger partial charge in [0.2, 0.25) is 12.2 Å². The van der Waals surface area contributed by atoms with Crippen LogP contribution in [0.3, 0.4) is 0 Å². The molecular formula is C29H27FN2O8. The van der Waals surface area contributed by atoms with E-state index in [0.717, 1.165) is 22.3 Å². The van der Waals surface area contributed by atoms with Crippen molar-refractivity contribution in [3.05, 3.63) is 88.5 Å². The fraction of sp³-hybridized carbons (Fsp3) is 0.207. The van der Waals surface area contributed by atoms with Crippen molar-refractivity contribution in [2.75, 3.05) is 14.2 Å². The zero-order valence-corrected chi connectivity index (χ0v) is 22.0. The van der Waals surface area contributed by atoms with Gasteiger partial charge < -0.3 is 24.8 Å². The van der Waals surface area contributed by atoms with Gasteiger partial charge in [0.15, 0.2) is 17.8 Å². The molecule has 1 unspecified atom stereocenters. The van der Waals surface area contributed by atoms with E-state index in [2.05, 4.69) is 20.2 Å². The van der Waals surface area contributed by atoms with Crippen molar-refractivity contribution in [2.24, 2.45) is 0 Å². The summed E-state index contributed by atoms with van der Waals surface area (Å²) in [5, 5.41) is 16.5. The largest absolute Gasteiger partial charge is 0.493 e. The summed E-state index contributed by atoms with van der Waals surface area (Å²) in [4.78, 5) is 36.8. The number of aliphatic hydroxyl groups excluding tert-OH is 1. The number of aldehydes is 1. The van der Waals surface area contributed by atoms with Gasteiger partial charge in [-0.1, -0.05) is 12.1 Å². The summed E-state index contributed by atoms with van der Waals surface area (Å²) in [5.41, 5.74) is 5.23. The number of methoxy groups -OCH3 is 2. The molecule has 208 valence electrons. The van der Waals surface area contributed by atoms with Crippen LogP contribution in [-0.2, 0) is 26.1 Å². The molecule has 1 amide bonds. The highest BCUT2D eigenvalue weighted by molar-refractivity contribution is 6.08. The van der Waals surface area contributed by atoms with Crippen LogP contribution in [-0.4, -0.2) is 42.8 Å². The zero-order valence-electron chi connectivity index (χ0n) is 22.0. The van der Waals surface area contributed by atoms with Gasteiger partial charge in [-0.3, -0.25) is 14.6 Å². The number of allylic oxidation sites excluding steroid dienone is 2. The number of rotatable bonds is 12. The summed E-state index contributed by atoms with van der Waals surface area (Å²) in [7, 11) is 2.81. The fourth-order valence-electron chi connectivity index (χ4n) is 4.26. The predicted molar refractivity (Wildman–Crippen MR) is 142 cm³/mol. The number of carbonyl (C=O) groups excluding carboxylic acids is 2. The van der Waals surface area contributed by atoms with E-state index in [1.165, 1.54) is 26.4 Å². The summed E-state index contributed by atoms with van der Waals surface area (Å²) in [6.07, 6.45) is 3.52. The third-order valence-electron chi connectivity index (χ3n) is 6.17. The molecule has 10 nitrogen and oxygen atoms in total. The molecule has 1 atom stereocenters. The lowest BCUT2D eigenvalue weighted by atomic mass is 10.00. The molecule has 0 spiro atoms. The van der Waals surface area contributed by atoms with E-state index in [-0.39, 0.29) is 35.9 Å². The van der Waals surface area contributed by atoms with Crippen LogP contribution in [0.5, 0.6) is 17.2 Å². The van der Waals surface area contributed by atoms with Crippen LogP contribution in [0.2, 0.25) is 0 Å². The Balaban J connectivity index is 1.64. The van der Waals surface area contributed by atoms with E-state index in [1.807, 2.05) is 19.1 Å². The molecule has 0 fully saturated rings. The zero-order chi connectivity index (χ0) is 28.6. The molecule has 1 aromatic heterocycles.